The topological polar surface area (TPSA) is 41.6 Å². The first-order valence-electron chi connectivity index (χ1n) is 8.36. The molecular weight excluding hydrogens is 276 g/mol. The molecule has 2 fully saturated rings. The zero-order valence-electron chi connectivity index (χ0n) is 13.4. The number of nitrogens with one attached hydrogen (secondary N) is 1. The summed E-state index contributed by atoms with van der Waals surface area (Å²) in [5.41, 5.74) is 1.52. The summed E-state index contributed by atoms with van der Waals surface area (Å²) in [5.74, 6) is 0.143. The van der Waals surface area contributed by atoms with E-state index in [1.807, 2.05) is 6.92 Å². The quantitative estimate of drug-likeness (QED) is 0.904. The summed E-state index contributed by atoms with van der Waals surface area (Å²) >= 11 is 0. The van der Waals surface area contributed by atoms with Gasteiger partial charge in [0.2, 0.25) is 5.91 Å². The number of nitrogens with zero attached hydrogens (tertiary/aromatic N) is 1. The van der Waals surface area contributed by atoms with Gasteiger partial charge in [0, 0.05) is 25.0 Å². The van der Waals surface area contributed by atoms with Crippen LogP contribution >= 0.6 is 0 Å². The Morgan fingerprint density at radius 1 is 1.27 bits per heavy atom. The van der Waals surface area contributed by atoms with Gasteiger partial charge in [-0.1, -0.05) is 36.8 Å². The first-order chi connectivity index (χ1) is 10.7. The number of benzene rings is 1. The van der Waals surface area contributed by atoms with Crippen molar-refractivity contribution < 1.29 is 9.53 Å². The maximum absolute atomic E-state index is 12.5. The van der Waals surface area contributed by atoms with Crippen molar-refractivity contribution in [1.29, 1.82) is 0 Å². The largest absolute Gasteiger partial charge is 0.379 e. The number of hydrogen-bond acceptors (Lipinski definition) is 3. The van der Waals surface area contributed by atoms with Crippen molar-refractivity contribution in [3.05, 3.63) is 35.9 Å². The minimum atomic E-state index is -0.0724. The molecule has 1 aliphatic carbocycles. The van der Waals surface area contributed by atoms with Crippen molar-refractivity contribution >= 4 is 5.91 Å². The third-order valence-electron chi connectivity index (χ3n) is 5.27. The van der Waals surface area contributed by atoms with Gasteiger partial charge >= 0.3 is 0 Å². The molecule has 4 nitrogen and oxygen atoms in total. The molecule has 0 bridgehead atoms. The van der Waals surface area contributed by atoms with Crippen molar-refractivity contribution in [2.24, 2.45) is 0 Å². The molecular formula is C18H26N2O2. The molecule has 3 rings (SSSR count). The number of morpholine rings is 1. The second kappa shape index (κ2) is 6.80. The number of amides is 1. The predicted molar refractivity (Wildman–Crippen MR) is 86.8 cm³/mol. The molecule has 1 aromatic carbocycles. The van der Waals surface area contributed by atoms with Gasteiger partial charge in [-0.05, 0) is 25.3 Å². The molecule has 1 atom stereocenters. The summed E-state index contributed by atoms with van der Waals surface area (Å²) in [6.45, 7) is 5.90. The number of rotatable bonds is 5. The van der Waals surface area contributed by atoms with E-state index in [0.29, 0.717) is 0 Å². The van der Waals surface area contributed by atoms with Gasteiger partial charge in [0.1, 0.15) is 0 Å². The highest BCUT2D eigenvalue weighted by Crippen LogP contribution is 2.43. The number of ether oxygens (including phenoxy) is 1. The first-order valence-corrected chi connectivity index (χ1v) is 8.36. The fraction of sp³-hybridized carbons (Fsp3) is 0.611. The molecule has 2 aliphatic rings. The molecule has 1 amide bonds. The Hall–Kier alpha value is -1.39. The van der Waals surface area contributed by atoms with Crippen LogP contribution in [0.2, 0.25) is 0 Å². The average molecular weight is 302 g/mol. The van der Waals surface area contributed by atoms with Crippen molar-refractivity contribution in [2.75, 3.05) is 32.8 Å². The lowest BCUT2D eigenvalue weighted by atomic mass is 9.64. The second-order valence-electron chi connectivity index (χ2n) is 6.54. The van der Waals surface area contributed by atoms with Crippen LogP contribution in [0.1, 0.15) is 31.7 Å². The van der Waals surface area contributed by atoms with E-state index >= 15 is 0 Å². The van der Waals surface area contributed by atoms with Crippen LogP contribution < -0.4 is 5.32 Å². The Balaban J connectivity index is 1.57. The smallest absolute Gasteiger partial charge is 0.237 e. The van der Waals surface area contributed by atoms with Crippen LogP contribution in [0.4, 0.5) is 0 Å². The van der Waals surface area contributed by atoms with E-state index in [4.69, 9.17) is 4.74 Å². The fourth-order valence-electron chi connectivity index (χ4n) is 3.50. The van der Waals surface area contributed by atoms with Crippen LogP contribution in [0.5, 0.6) is 0 Å². The molecule has 1 saturated carbocycles. The molecule has 4 heteroatoms. The summed E-state index contributed by atoms with van der Waals surface area (Å²) < 4.78 is 5.35. The Morgan fingerprint density at radius 3 is 2.55 bits per heavy atom. The molecule has 0 radical (unpaired) electrons. The van der Waals surface area contributed by atoms with Crippen molar-refractivity contribution in [3.8, 4) is 0 Å². The lowest BCUT2D eigenvalue weighted by Gasteiger charge is -2.43. The standard InChI is InChI=1S/C18H26N2O2/c1-15(20-10-12-22-13-11-20)17(21)19-14-18(8-5-9-18)16-6-3-2-4-7-16/h2-4,6-7,15H,5,8-14H2,1H3,(H,19,21). The molecule has 0 aromatic heterocycles. The maximum Gasteiger partial charge on any atom is 0.237 e. The second-order valence-corrected chi connectivity index (χ2v) is 6.54. The van der Waals surface area contributed by atoms with Crippen molar-refractivity contribution in [3.63, 3.8) is 0 Å². The summed E-state index contributed by atoms with van der Waals surface area (Å²) in [6.07, 6.45) is 3.59. The number of hydrogen-bond donors (Lipinski definition) is 1. The van der Waals surface area contributed by atoms with Gasteiger partial charge < -0.3 is 10.1 Å². The lowest BCUT2D eigenvalue weighted by molar-refractivity contribution is -0.128. The summed E-state index contributed by atoms with van der Waals surface area (Å²) in [4.78, 5) is 14.7. The highest BCUT2D eigenvalue weighted by molar-refractivity contribution is 5.81. The van der Waals surface area contributed by atoms with Gasteiger partial charge in [-0.25, -0.2) is 0 Å². The third kappa shape index (κ3) is 3.18. The molecule has 1 N–H and O–H groups in total. The Labute approximate surface area is 132 Å². The monoisotopic (exact) mass is 302 g/mol. The number of carbonyl (C=O) groups is 1. The third-order valence-corrected chi connectivity index (χ3v) is 5.27. The zero-order valence-corrected chi connectivity index (χ0v) is 13.4. The predicted octanol–water partition coefficient (Wildman–Crippen LogP) is 1.95. The summed E-state index contributed by atoms with van der Waals surface area (Å²) in [5, 5.41) is 3.20. The molecule has 1 aromatic rings. The molecule has 1 aliphatic heterocycles. The van der Waals surface area contributed by atoms with Crippen LogP contribution in [0.15, 0.2) is 30.3 Å². The van der Waals surface area contributed by atoms with Crippen molar-refractivity contribution in [2.45, 2.75) is 37.6 Å². The molecule has 1 heterocycles. The SMILES string of the molecule is CC(C(=O)NCC1(c2ccccc2)CCC1)N1CCOCC1. The van der Waals surface area contributed by atoms with E-state index in [0.717, 1.165) is 32.8 Å². The molecule has 120 valence electrons. The Bertz CT molecular complexity index is 493. The molecule has 22 heavy (non-hydrogen) atoms. The zero-order chi connectivity index (χ0) is 15.4. The minimum absolute atomic E-state index is 0.0724. The van der Waals surface area contributed by atoms with Gasteiger partial charge in [-0.15, -0.1) is 0 Å². The average Bonchev–Trinajstić information content (AvgIpc) is 2.55. The maximum atomic E-state index is 12.5. The molecule has 1 unspecified atom stereocenters. The van der Waals surface area contributed by atoms with E-state index in [9.17, 15) is 4.79 Å². The van der Waals surface area contributed by atoms with Crippen LogP contribution in [-0.2, 0) is 14.9 Å². The van der Waals surface area contributed by atoms with Gasteiger partial charge in [0.15, 0.2) is 0 Å². The fourth-order valence-corrected chi connectivity index (χ4v) is 3.50. The number of carbonyl (C=O) groups excluding carboxylic acids is 1. The van der Waals surface area contributed by atoms with Crippen LogP contribution in [0.3, 0.4) is 0 Å². The van der Waals surface area contributed by atoms with Crippen LogP contribution in [-0.4, -0.2) is 49.7 Å². The summed E-state index contributed by atoms with van der Waals surface area (Å²) in [7, 11) is 0. The highest BCUT2D eigenvalue weighted by atomic mass is 16.5. The van der Waals surface area contributed by atoms with Gasteiger partial charge in [0.05, 0.1) is 19.3 Å². The van der Waals surface area contributed by atoms with E-state index in [1.165, 1.54) is 24.8 Å². The summed E-state index contributed by atoms with van der Waals surface area (Å²) in [6, 6.07) is 10.5. The minimum Gasteiger partial charge on any atom is -0.379 e. The highest BCUT2D eigenvalue weighted by Gasteiger charge is 2.39. The Kier molecular flexibility index (Phi) is 4.79. The normalized spacial score (nSPS) is 22.6. The van der Waals surface area contributed by atoms with Crippen LogP contribution in [0, 0.1) is 0 Å². The molecule has 1 saturated heterocycles. The van der Waals surface area contributed by atoms with Gasteiger partial charge in [-0.3, -0.25) is 9.69 Å². The lowest BCUT2D eigenvalue weighted by Crippen LogP contribution is -2.53. The van der Waals surface area contributed by atoms with Gasteiger partial charge in [0.25, 0.3) is 0 Å². The van der Waals surface area contributed by atoms with E-state index in [-0.39, 0.29) is 17.4 Å². The van der Waals surface area contributed by atoms with E-state index in [1.54, 1.807) is 0 Å². The Morgan fingerprint density at radius 2 is 1.95 bits per heavy atom. The molecule has 0 spiro atoms. The van der Waals surface area contributed by atoms with Crippen molar-refractivity contribution in [1.82, 2.24) is 10.2 Å². The van der Waals surface area contributed by atoms with E-state index < -0.39 is 0 Å². The van der Waals surface area contributed by atoms with Crippen LogP contribution in [0.25, 0.3) is 0 Å². The first kappa shape index (κ1) is 15.5. The van der Waals surface area contributed by atoms with E-state index in [2.05, 4.69) is 40.5 Å². The van der Waals surface area contributed by atoms with Gasteiger partial charge in [-0.2, -0.15) is 0 Å².